The van der Waals surface area contributed by atoms with Gasteiger partial charge in [0.05, 0.1) is 0 Å². The van der Waals surface area contributed by atoms with Crippen molar-refractivity contribution in [1.29, 1.82) is 0 Å². The zero-order valence-corrected chi connectivity index (χ0v) is 20.7. The van der Waals surface area contributed by atoms with Gasteiger partial charge in [0.2, 0.25) is 0 Å². The lowest BCUT2D eigenvalue weighted by atomic mass is 10.2. The Hall–Kier alpha value is -2.34. The molecule has 0 aliphatic carbocycles. The van der Waals surface area contributed by atoms with Gasteiger partial charge in [-0.3, -0.25) is 4.79 Å². The summed E-state index contributed by atoms with van der Waals surface area (Å²) in [6, 6.07) is 29.6. The van der Waals surface area contributed by atoms with Gasteiger partial charge in [-0.25, -0.2) is 0 Å². The van der Waals surface area contributed by atoms with Crippen LogP contribution in [-0.2, 0) is 13.3 Å². The van der Waals surface area contributed by atoms with Crippen molar-refractivity contribution < 1.29 is 18.1 Å². The van der Waals surface area contributed by atoms with Crippen LogP contribution in [0.5, 0.6) is 0 Å². The average molecular weight is 468 g/mol. The van der Waals surface area contributed by atoms with E-state index in [2.05, 4.69) is 66.0 Å². The largest absolute Gasteiger partial charge is 0.500 e. The molecule has 5 nitrogen and oxygen atoms in total. The van der Waals surface area contributed by atoms with Gasteiger partial charge in [-0.15, -0.1) is 0 Å². The number of carbonyl (C=O) groups is 1. The van der Waals surface area contributed by atoms with Gasteiger partial charge >= 0.3 is 8.80 Å². The van der Waals surface area contributed by atoms with Gasteiger partial charge in [0.15, 0.2) is 0 Å². The third kappa shape index (κ3) is 6.12. The third-order valence-corrected chi connectivity index (χ3v) is 10.6. The molecule has 0 spiro atoms. The number of amides is 1. The van der Waals surface area contributed by atoms with Crippen molar-refractivity contribution in [2.45, 2.75) is 12.5 Å². The van der Waals surface area contributed by atoms with Crippen LogP contribution in [0.3, 0.4) is 0 Å². The van der Waals surface area contributed by atoms with Gasteiger partial charge in [0, 0.05) is 39.5 Å². The summed E-state index contributed by atoms with van der Waals surface area (Å²) in [5.41, 5.74) is 0.651. The van der Waals surface area contributed by atoms with Gasteiger partial charge in [-0.2, -0.15) is 0 Å². The van der Waals surface area contributed by atoms with E-state index in [1.54, 1.807) is 21.3 Å². The number of hydrogen-bond donors (Lipinski definition) is 1. The van der Waals surface area contributed by atoms with E-state index in [0.717, 1.165) is 6.42 Å². The van der Waals surface area contributed by atoms with E-state index in [1.807, 2.05) is 24.3 Å². The Bertz CT molecular complexity index is 918. The molecule has 0 saturated heterocycles. The highest BCUT2D eigenvalue weighted by atomic mass is 31.1. The molecule has 0 aliphatic rings. The monoisotopic (exact) mass is 467 g/mol. The second kappa shape index (κ2) is 12.0. The lowest BCUT2D eigenvalue weighted by molar-refractivity contribution is 0.0949. The molecular weight excluding hydrogens is 437 g/mol. The molecule has 0 aliphatic heterocycles. The lowest BCUT2D eigenvalue weighted by Crippen LogP contribution is -2.43. The highest BCUT2D eigenvalue weighted by molar-refractivity contribution is 7.79. The fraction of sp³-hybridized carbons (Fsp3) is 0.240. The second-order valence-electron chi connectivity index (χ2n) is 7.21. The van der Waals surface area contributed by atoms with E-state index >= 15 is 0 Å². The summed E-state index contributed by atoms with van der Waals surface area (Å²) in [6.45, 7) is 0.534. The Morgan fingerprint density at radius 1 is 0.750 bits per heavy atom. The number of nitrogens with one attached hydrogen (secondary N) is 1. The first-order chi connectivity index (χ1) is 15.6. The fourth-order valence-electron chi connectivity index (χ4n) is 3.53. The maximum absolute atomic E-state index is 12.6. The van der Waals surface area contributed by atoms with Gasteiger partial charge in [0.1, 0.15) is 0 Å². The van der Waals surface area contributed by atoms with Crippen molar-refractivity contribution in [2.24, 2.45) is 0 Å². The molecule has 0 saturated carbocycles. The second-order valence-corrected chi connectivity index (χ2v) is 12.5. The maximum Gasteiger partial charge on any atom is 0.500 e. The quantitative estimate of drug-likeness (QED) is 0.267. The van der Waals surface area contributed by atoms with E-state index in [-0.39, 0.29) is 5.91 Å². The first-order valence-electron chi connectivity index (χ1n) is 10.6. The molecule has 1 N–H and O–H groups in total. The van der Waals surface area contributed by atoms with Crippen LogP contribution in [0.15, 0.2) is 84.9 Å². The van der Waals surface area contributed by atoms with Crippen LogP contribution >= 0.6 is 7.92 Å². The maximum atomic E-state index is 12.6. The number of hydrogen-bond acceptors (Lipinski definition) is 4. The molecular formula is C25H30NO4PSi. The summed E-state index contributed by atoms with van der Waals surface area (Å²) in [5, 5.41) is 6.76. The zero-order valence-electron chi connectivity index (χ0n) is 18.8. The number of rotatable bonds is 11. The van der Waals surface area contributed by atoms with Crippen LogP contribution in [0, 0.1) is 0 Å². The van der Waals surface area contributed by atoms with Crippen molar-refractivity contribution in [3.63, 3.8) is 0 Å². The van der Waals surface area contributed by atoms with Crippen molar-refractivity contribution in [2.75, 3.05) is 27.9 Å². The van der Waals surface area contributed by atoms with Crippen molar-refractivity contribution in [1.82, 2.24) is 5.32 Å². The molecule has 3 rings (SSSR count). The Balaban J connectivity index is 1.67. The SMILES string of the molecule is CO[Si](CCCNC(=O)c1ccc(P(c2ccccc2)c2ccccc2)cc1)(OC)OC. The predicted molar refractivity (Wildman–Crippen MR) is 134 cm³/mol. The smallest absolute Gasteiger partial charge is 0.377 e. The molecule has 3 aromatic carbocycles. The van der Waals surface area contributed by atoms with E-state index in [1.165, 1.54) is 15.9 Å². The van der Waals surface area contributed by atoms with E-state index in [4.69, 9.17) is 13.3 Å². The number of carbonyl (C=O) groups excluding carboxylic acids is 1. The molecule has 0 radical (unpaired) electrons. The van der Waals surface area contributed by atoms with E-state index < -0.39 is 16.7 Å². The van der Waals surface area contributed by atoms with Gasteiger partial charge in [-0.05, 0) is 42.4 Å². The molecule has 7 heteroatoms. The molecule has 0 heterocycles. The summed E-state index contributed by atoms with van der Waals surface area (Å²) in [6.07, 6.45) is 0.721. The highest BCUT2D eigenvalue weighted by Gasteiger charge is 2.36. The summed E-state index contributed by atoms with van der Waals surface area (Å²) in [7, 11) is 1.51. The fourth-order valence-corrected chi connectivity index (χ4v) is 7.53. The molecule has 168 valence electrons. The van der Waals surface area contributed by atoms with Gasteiger partial charge in [0.25, 0.3) is 5.91 Å². The predicted octanol–water partition coefficient (Wildman–Crippen LogP) is 3.44. The first kappa shape index (κ1) is 24.3. The molecule has 0 bridgehead atoms. The molecule has 1 amide bonds. The minimum atomic E-state index is -2.60. The van der Waals surface area contributed by atoms with Crippen molar-refractivity contribution in [3.8, 4) is 0 Å². The van der Waals surface area contributed by atoms with Crippen molar-refractivity contribution >= 4 is 38.5 Å². The molecule has 3 aromatic rings. The highest BCUT2D eigenvalue weighted by Crippen LogP contribution is 2.32. The van der Waals surface area contributed by atoms with Crippen LogP contribution < -0.4 is 21.2 Å². The Labute approximate surface area is 192 Å². The third-order valence-electron chi connectivity index (χ3n) is 5.29. The van der Waals surface area contributed by atoms with E-state index in [0.29, 0.717) is 18.2 Å². The van der Waals surface area contributed by atoms with Crippen molar-refractivity contribution in [3.05, 3.63) is 90.5 Å². The summed E-state index contributed by atoms with van der Waals surface area (Å²) >= 11 is 0. The molecule has 32 heavy (non-hydrogen) atoms. The minimum Gasteiger partial charge on any atom is -0.377 e. The normalized spacial score (nSPS) is 11.5. The topological polar surface area (TPSA) is 56.8 Å². The van der Waals surface area contributed by atoms with Crippen LogP contribution in [0.1, 0.15) is 16.8 Å². The van der Waals surface area contributed by atoms with Crippen LogP contribution in [-0.4, -0.2) is 42.6 Å². The minimum absolute atomic E-state index is 0.0835. The Morgan fingerprint density at radius 2 is 1.22 bits per heavy atom. The molecule has 0 atom stereocenters. The van der Waals surface area contributed by atoms with Crippen LogP contribution in [0.2, 0.25) is 6.04 Å². The summed E-state index contributed by atoms with van der Waals surface area (Å²) in [5.74, 6) is -0.0835. The lowest BCUT2D eigenvalue weighted by Gasteiger charge is -2.24. The van der Waals surface area contributed by atoms with Crippen LogP contribution in [0.4, 0.5) is 0 Å². The Morgan fingerprint density at radius 3 is 1.69 bits per heavy atom. The van der Waals surface area contributed by atoms with Crippen LogP contribution in [0.25, 0.3) is 0 Å². The number of benzene rings is 3. The average Bonchev–Trinajstić information content (AvgIpc) is 2.86. The zero-order chi connectivity index (χ0) is 22.8. The van der Waals surface area contributed by atoms with Gasteiger partial charge in [-0.1, -0.05) is 72.8 Å². The summed E-state index contributed by atoms with van der Waals surface area (Å²) in [4.78, 5) is 12.6. The standard InChI is InChI=1S/C25H30NO4PSi/c1-28-32(29-2,30-3)20-10-19-26-25(27)21-15-17-24(18-16-21)31(22-11-6-4-7-12-22)23-13-8-5-9-14-23/h4-9,11-18H,10,19-20H2,1-3H3,(H,26,27). The van der Waals surface area contributed by atoms with E-state index in [9.17, 15) is 4.79 Å². The Kier molecular flexibility index (Phi) is 9.15. The first-order valence-corrected chi connectivity index (χ1v) is 13.8. The molecule has 0 unspecified atom stereocenters. The molecule has 0 aromatic heterocycles. The van der Waals surface area contributed by atoms with Gasteiger partial charge < -0.3 is 18.6 Å². The summed E-state index contributed by atoms with van der Waals surface area (Å²) < 4.78 is 16.3. The molecule has 0 fully saturated rings.